The molecular formula is C10H17NO3. The van der Waals surface area contributed by atoms with Gasteiger partial charge in [0, 0.05) is 12.5 Å². The normalized spacial score (nSPS) is 38.3. The zero-order chi connectivity index (χ0) is 10.1. The summed E-state index contributed by atoms with van der Waals surface area (Å²) in [6, 6.07) is 0.102. The summed E-state index contributed by atoms with van der Waals surface area (Å²) < 4.78 is 5.23. The van der Waals surface area contributed by atoms with Crippen molar-refractivity contribution in [2.24, 2.45) is 5.92 Å². The minimum Gasteiger partial charge on any atom is -0.393 e. The zero-order valence-electron chi connectivity index (χ0n) is 8.48. The molecule has 2 saturated heterocycles. The number of aliphatic hydroxyl groups is 1. The third-order valence-electron chi connectivity index (χ3n) is 3.36. The molecule has 2 heterocycles. The molecule has 3 atom stereocenters. The summed E-state index contributed by atoms with van der Waals surface area (Å²) in [4.78, 5) is 13.4. The van der Waals surface area contributed by atoms with Crippen LogP contribution in [0.4, 0.5) is 0 Å². The van der Waals surface area contributed by atoms with Crippen LogP contribution in [0, 0.1) is 5.92 Å². The van der Waals surface area contributed by atoms with E-state index >= 15 is 0 Å². The highest BCUT2D eigenvalue weighted by Gasteiger charge is 2.40. The first-order valence-corrected chi connectivity index (χ1v) is 5.29. The second-order valence-electron chi connectivity index (χ2n) is 4.10. The smallest absolute Gasteiger partial charge is 0.248 e. The fourth-order valence-corrected chi connectivity index (χ4v) is 2.56. The van der Waals surface area contributed by atoms with Crippen LogP contribution in [0.2, 0.25) is 0 Å². The Morgan fingerprint density at radius 1 is 1.64 bits per heavy atom. The number of amides is 1. The third-order valence-corrected chi connectivity index (χ3v) is 3.36. The Kier molecular flexibility index (Phi) is 2.74. The average Bonchev–Trinajstić information content (AvgIpc) is 2.18. The fourth-order valence-electron chi connectivity index (χ4n) is 2.56. The van der Waals surface area contributed by atoms with Gasteiger partial charge in [-0.25, -0.2) is 0 Å². The summed E-state index contributed by atoms with van der Waals surface area (Å²) in [7, 11) is 0. The second-order valence-corrected chi connectivity index (χ2v) is 4.10. The van der Waals surface area contributed by atoms with E-state index in [1.165, 1.54) is 0 Å². The number of morpholine rings is 1. The monoisotopic (exact) mass is 199 g/mol. The molecule has 0 saturated carbocycles. The SMILES string of the molecule is CCC1C(O)CCN2C(=O)COCC12. The van der Waals surface area contributed by atoms with Crippen molar-refractivity contribution in [1.29, 1.82) is 0 Å². The van der Waals surface area contributed by atoms with Crippen molar-refractivity contribution in [2.75, 3.05) is 19.8 Å². The predicted molar refractivity (Wildman–Crippen MR) is 50.7 cm³/mol. The molecule has 0 aromatic carbocycles. The Hall–Kier alpha value is -0.610. The highest BCUT2D eigenvalue weighted by atomic mass is 16.5. The number of carbonyl (C=O) groups excluding carboxylic acids is 1. The van der Waals surface area contributed by atoms with Crippen LogP contribution in [0.15, 0.2) is 0 Å². The number of hydrogen-bond donors (Lipinski definition) is 1. The van der Waals surface area contributed by atoms with Gasteiger partial charge in [-0.05, 0) is 12.8 Å². The van der Waals surface area contributed by atoms with E-state index in [0.717, 1.165) is 6.42 Å². The van der Waals surface area contributed by atoms with Gasteiger partial charge in [-0.1, -0.05) is 6.92 Å². The minimum absolute atomic E-state index is 0.0756. The lowest BCUT2D eigenvalue weighted by Crippen LogP contribution is -2.59. The van der Waals surface area contributed by atoms with Crippen LogP contribution in [-0.2, 0) is 9.53 Å². The van der Waals surface area contributed by atoms with Gasteiger partial charge in [0.2, 0.25) is 5.91 Å². The lowest BCUT2D eigenvalue weighted by Gasteiger charge is -2.45. The predicted octanol–water partition coefficient (Wildman–Crippen LogP) is 0.00460. The Labute approximate surface area is 83.8 Å². The number of carbonyl (C=O) groups is 1. The third kappa shape index (κ3) is 1.53. The maximum atomic E-state index is 11.5. The number of fused-ring (bicyclic) bond motifs is 1. The van der Waals surface area contributed by atoms with E-state index in [1.807, 2.05) is 4.90 Å². The summed E-state index contributed by atoms with van der Waals surface area (Å²) in [6.45, 7) is 3.53. The number of rotatable bonds is 1. The van der Waals surface area contributed by atoms with Gasteiger partial charge in [0.15, 0.2) is 0 Å². The van der Waals surface area contributed by atoms with E-state index in [-0.39, 0.29) is 30.6 Å². The fraction of sp³-hybridized carbons (Fsp3) is 0.900. The van der Waals surface area contributed by atoms with Gasteiger partial charge in [-0.15, -0.1) is 0 Å². The van der Waals surface area contributed by atoms with Crippen LogP contribution in [0.25, 0.3) is 0 Å². The van der Waals surface area contributed by atoms with Crippen LogP contribution < -0.4 is 0 Å². The molecular weight excluding hydrogens is 182 g/mol. The molecule has 4 heteroatoms. The van der Waals surface area contributed by atoms with Crippen molar-refractivity contribution in [3.8, 4) is 0 Å². The molecule has 0 aromatic rings. The van der Waals surface area contributed by atoms with Crippen molar-refractivity contribution < 1.29 is 14.6 Å². The molecule has 0 aromatic heterocycles. The van der Waals surface area contributed by atoms with Crippen LogP contribution in [0.1, 0.15) is 19.8 Å². The number of hydrogen-bond acceptors (Lipinski definition) is 3. The molecule has 2 aliphatic rings. The average molecular weight is 199 g/mol. The van der Waals surface area contributed by atoms with Gasteiger partial charge < -0.3 is 14.7 Å². The number of aliphatic hydroxyl groups excluding tert-OH is 1. The molecule has 3 unspecified atom stereocenters. The number of piperidine rings is 1. The van der Waals surface area contributed by atoms with Gasteiger partial charge in [-0.2, -0.15) is 0 Å². The van der Waals surface area contributed by atoms with Crippen molar-refractivity contribution in [3.05, 3.63) is 0 Å². The Bertz CT molecular complexity index is 231. The van der Waals surface area contributed by atoms with Crippen LogP contribution in [0.5, 0.6) is 0 Å². The maximum Gasteiger partial charge on any atom is 0.248 e. The summed E-state index contributed by atoms with van der Waals surface area (Å²) in [5.74, 6) is 0.264. The molecule has 1 N–H and O–H groups in total. The van der Waals surface area contributed by atoms with E-state index in [4.69, 9.17) is 4.74 Å². The van der Waals surface area contributed by atoms with Crippen molar-refractivity contribution in [1.82, 2.24) is 4.90 Å². The molecule has 0 bridgehead atoms. The highest BCUT2D eigenvalue weighted by molar-refractivity contribution is 5.78. The lowest BCUT2D eigenvalue weighted by molar-refractivity contribution is -0.159. The minimum atomic E-state index is -0.268. The van der Waals surface area contributed by atoms with Crippen LogP contribution >= 0.6 is 0 Å². The first-order valence-electron chi connectivity index (χ1n) is 5.29. The molecule has 0 radical (unpaired) electrons. The number of ether oxygens (including phenoxy) is 1. The topological polar surface area (TPSA) is 49.8 Å². The summed E-state index contributed by atoms with van der Waals surface area (Å²) in [6.07, 6.45) is 1.34. The molecule has 0 aliphatic carbocycles. The highest BCUT2D eigenvalue weighted by Crippen LogP contribution is 2.28. The molecule has 2 fully saturated rings. The molecule has 2 aliphatic heterocycles. The second kappa shape index (κ2) is 3.87. The Balaban J connectivity index is 2.13. The van der Waals surface area contributed by atoms with Gasteiger partial charge in [-0.3, -0.25) is 4.79 Å². The summed E-state index contributed by atoms with van der Waals surface area (Å²) in [5.41, 5.74) is 0. The van der Waals surface area contributed by atoms with Gasteiger partial charge in [0.1, 0.15) is 6.61 Å². The summed E-state index contributed by atoms with van der Waals surface area (Å²) >= 11 is 0. The van der Waals surface area contributed by atoms with E-state index in [1.54, 1.807) is 0 Å². The lowest BCUT2D eigenvalue weighted by atomic mass is 9.84. The van der Waals surface area contributed by atoms with Gasteiger partial charge >= 0.3 is 0 Å². The number of nitrogens with zero attached hydrogens (tertiary/aromatic N) is 1. The van der Waals surface area contributed by atoms with E-state index in [0.29, 0.717) is 19.6 Å². The largest absolute Gasteiger partial charge is 0.393 e. The van der Waals surface area contributed by atoms with Gasteiger partial charge in [0.05, 0.1) is 18.8 Å². The van der Waals surface area contributed by atoms with E-state index < -0.39 is 0 Å². The van der Waals surface area contributed by atoms with Crippen molar-refractivity contribution in [3.63, 3.8) is 0 Å². The molecule has 1 amide bonds. The maximum absolute atomic E-state index is 11.5. The standard InChI is InChI=1S/C10H17NO3/c1-2-7-8-5-14-6-10(13)11(8)4-3-9(7)12/h7-9,12H,2-6H2,1H3. The molecule has 2 rings (SSSR count). The molecule has 0 spiro atoms. The molecule has 4 nitrogen and oxygen atoms in total. The first-order chi connectivity index (χ1) is 6.74. The summed E-state index contributed by atoms with van der Waals surface area (Å²) in [5, 5.41) is 9.80. The van der Waals surface area contributed by atoms with Gasteiger partial charge in [0.25, 0.3) is 0 Å². The van der Waals surface area contributed by atoms with Crippen molar-refractivity contribution >= 4 is 5.91 Å². The van der Waals surface area contributed by atoms with Crippen LogP contribution in [-0.4, -0.2) is 47.8 Å². The molecule has 14 heavy (non-hydrogen) atoms. The van der Waals surface area contributed by atoms with Crippen LogP contribution in [0.3, 0.4) is 0 Å². The van der Waals surface area contributed by atoms with E-state index in [2.05, 4.69) is 6.92 Å². The zero-order valence-corrected chi connectivity index (χ0v) is 8.48. The van der Waals surface area contributed by atoms with Crippen molar-refractivity contribution in [2.45, 2.75) is 31.9 Å². The molecule has 80 valence electrons. The Morgan fingerprint density at radius 3 is 3.14 bits per heavy atom. The first kappa shape index (κ1) is 9.93. The van der Waals surface area contributed by atoms with E-state index in [9.17, 15) is 9.90 Å². The quantitative estimate of drug-likeness (QED) is 0.647. The Morgan fingerprint density at radius 2 is 2.43 bits per heavy atom.